The van der Waals surface area contributed by atoms with Crippen molar-refractivity contribution in [3.63, 3.8) is 0 Å². The molecule has 2 atom stereocenters. The minimum atomic E-state index is -0.510. The van der Waals surface area contributed by atoms with E-state index in [9.17, 15) is 9.59 Å². The zero-order chi connectivity index (χ0) is 14.7. The Bertz CT molecular complexity index is 506. The summed E-state index contributed by atoms with van der Waals surface area (Å²) in [5.74, 6) is -0.229. The number of hydrogen-bond donors (Lipinski definition) is 2. The van der Waals surface area contributed by atoms with Gasteiger partial charge in [0.05, 0.1) is 8.66 Å². The Balaban J connectivity index is 1.95. The van der Waals surface area contributed by atoms with E-state index in [-0.39, 0.29) is 17.9 Å². The summed E-state index contributed by atoms with van der Waals surface area (Å²) < 4.78 is 0.900. The number of carbonyl (C=O) groups excluding carboxylic acids is 2. The van der Waals surface area contributed by atoms with Gasteiger partial charge < -0.3 is 15.5 Å². The van der Waals surface area contributed by atoms with Crippen LogP contribution in [-0.2, 0) is 4.79 Å². The zero-order valence-electron chi connectivity index (χ0n) is 11.5. The standard InChI is InChI=1S/C13H18BrN3O2S/c1-8-7-15-5-6-17(8)13(19)9(2)16-12(18)10-3-4-11(14)20-10/h3-4,8-9,15H,5-7H2,1-2H3,(H,16,18)/t8-,9?/m0/s1. The van der Waals surface area contributed by atoms with Crippen LogP contribution in [0.5, 0.6) is 0 Å². The van der Waals surface area contributed by atoms with Crippen LogP contribution in [0, 0.1) is 0 Å². The zero-order valence-corrected chi connectivity index (χ0v) is 13.9. The van der Waals surface area contributed by atoms with E-state index in [0.29, 0.717) is 11.4 Å². The maximum absolute atomic E-state index is 12.4. The molecule has 1 aliphatic heterocycles. The maximum atomic E-state index is 12.4. The second kappa shape index (κ2) is 6.69. The average molecular weight is 360 g/mol. The molecule has 0 saturated carbocycles. The molecule has 1 aliphatic rings. The van der Waals surface area contributed by atoms with Gasteiger partial charge in [-0.15, -0.1) is 11.3 Å². The van der Waals surface area contributed by atoms with Crippen LogP contribution in [0.4, 0.5) is 0 Å². The predicted molar refractivity (Wildman–Crippen MR) is 83.0 cm³/mol. The Morgan fingerprint density at radius 2 is 2.30 bits per heavy atom. The molecule has 2 N–H and O–H groups in total. The van der Waals surface area contributed by atoms with Crippen LogP contribution < -0.4 is 10.6 Å². The van der Waals surface area contributed by atoms with Crippen molar-refractivity contribution < 1.29 is 9.59 Å². The van der Waals surface area contributed by atoms with Gasteiger partial charge in [-0.05, 0) is 41.9 Å². The predicted octanol–water partition coefficient (Wildman–Crippen LogP) is 1.45. The summed E-state index contributed by atoms with van der Waals surface area (Å²) >= 11 is 4.68. The lowest BCUT2D eigenvalue weighted by molar-refractivity contribution is -0.135. The summed E-state index contributed by atoms with van der Waals surface area (Å²) in [5.41, 5.74) is 0. The van der Waals surface area contributed by atoms with Crippen molar-refractivity contribution >= 4 is 39.1 Å². The average Bonchev–Trinajstić information content (AvgIpc) is 2.85. The fourth-order valence-corrected chi connectivity index (χ4v) is 3.47. The molecule has 1 saturated heterocycles. The number of amides is 2. The lowest BCUT2D eigenvalue weighted by Gasteiger charge is -2.35. The van der Waals surface area contributed by atoms with Crippen molar-refractivity contribution in [3.05, 3.63) is 20.8 Å². The lowest BCUT2D eigenvalue weighted by atomic mass is 10.1. The third-order valence-corrected chi connectivity index (χ3v) is 4.92. The van der Waals surface area contributed by atoms with Crippen molar-refractivity contribution in [2.45, 2.75) is 25.9 Å². The quantitative estimate of drug-likeness (QED) is 0.858. The van der Waals surface area contributed by atoms with E-state index < -0.39 is 6.04 Å². The second-order valence-electron chi connectivity index (χ2n) is 4.88. The fraction of sp³-hybridized carbons (Fsp3) is 0.538. The van der Waals surface area contributed by atoms with Gasteiger partial charge in [0, 0.05) is 25.7 Å². The molecule has 1 aromatic heterocycles. The van der Waals surface area contributed by atoms with Gasteiger partial charge in [-0.25, -0.2) is 0 Å². The van der Waals surface area contributed by atoms with Gasteiger partial charge in [-0.2, -0.15) is 0 Å². The van der Waals surface area contributed by atoms with Crippen molar-refractivity contribution in [1.29, 1.82) is 0 Å². The number of nitrogens with one attached hydrogen (secondary N) is 2. The monoisotopic (exact) mass is 359 g/mol. The molecule has 1 fully saturated rings. The molecule has 5 nitrogen and oxygen atoms in total. The van der Waals surface area contributed by atoms with Crippen LogP contribution in [0.1, 0.15) is 23.5 Å². The molecule has 0 radical (unpaired) electrons. The molecule has 0 spiro atoms. The topological polar surface area (TPSA) is 61.4 Å². The Morgan fingerprint density at radius 1 is 1.55 bits per heavy atom. The number of nitrogens with zero attached hydrogens (tertiary/aromatic N) is 1. The minimum absolute atomic E-state index is 0.0250. The van der Waals surface area contributed by atoms with E-state index >= 15 is 0 Å². The molecule has 7 heteroatoms. The van der Waals surface area contributed by atoms with Gasteiger partial charge in [0.2, 0.25) is 5.91 Å². The van der Waals surface area contributed by atoms with Gasteiger partial charge in [0.15, 0.2) is 0 Å². The number of piperazine rings is 1. The van der Waals surface area contributed by atoms with Gasteiger partial charge in [0.1, 0.15) is 6.04 Å². The summed E-state index contributed by atoms with van der Waals surface area (Å²) in [6, 6.07) is 3.22. The van der Waals surface area contributed by atoms with Crippen molar-refractivity contribution in [2.24, 2.45) is 0 Å². The first kappa shape index (κ1) is 15.5. The number of halogens is 1. The van der Waals surface area contributed by atoms with E-state index in [0.717, 1.165) is 16.9 Å². The van der Waals surface area contributed by atoms with Crippen LogP contribution in [0.2, 0.25) is 0 Å². The van der Waals surface area contributed by atoms with Crippen molar-refractivity contribution in [3.8, 4) is 0 Å². The lowest BCUT2D eigenvalue weighted by Crippen LogP contribution is -2.57. The Hall–Kier alpha value is -0.920. The van der Waals surface area contributed by atoms with E-state index in [1.807, 2.05) is 17.9 Å². The first-order chi connectivity index (χ1) is 9.49. The molecule has 2 amide bonds. The van der Waals surface area contributed by atoms with Gasteiger partial charge in [-0.1, -0.05) is 0 Å². The highest BCUT2D eigenvalue weighted by molar-refractivity contribution is 9.11. The minimum Gasteiger partial charge on any atom is -0.340 e. The van der Waals surface area contributed by atoms with E-state index in [1.54, 1.807) is 13.0 Å². The summed E-state index contributed by atoms with van der Waals surface area (Å²) in [6.07, 6.45) is 0. The fourth-order valence-electron chi connectivity index (χ4n) is 2.18. The van der Waals surface area contributed by atoms with Gasteiger partial charge in [0.25, 0.3) is 5.91 Å². The highest BCUT2D eigenvalue weighted by atomic mass is 79.9. The van der Waals surface area contributed by atoms with Crippen molar-refractivity contribution in [2.75, 3.05) is 19.6 Å². The number of carbonyl (C=O) groups is 2. The third kappa shape index (κ3) is 3.59. The second-order valence-corrected chi connectivity index (χ2v) is 7.35. The Morgan fingerprint density at radius 3 is 2.90 bits per heavy atom. The molecule has 20 heavy (non-hydrogen) atoms. The first-order valence-corrected chi connectivity index (χ1v) is 8.17. The van der Waals surface area contributed by atoms with Gasteiger partial charge >= 0.3 is 0 Å². The SMILES string of the molecule is CC(NC(=O)c1ccc(Br)s1)C(=O)N1CCNC[C@@H]1C. The Kier molecular flexibility index (Phi) is 5.17. The van der Waals surface area contributed by atoms with Gasteiger partial charge in [-0.3, -0.25) is 9.59 Å². The van der Waals surface area contributed by atoms with E-state index in [4.69, 9.17) is 0 Å². The molecule has 2 rings (SSSR count). The molecule has 0 aliphatic carbocycles. The molecular formula is C13H18BrN3O2S. The maximum Gasteiger partial charge on any atom is 0.262 e. The summed E-state index contributed by atoms with van der Waals surface area (Å²) in [7, 11) is 0. The molecule has 0 bridgehead atoms. The summed E-state index contributed by atoms with van der Waals surface area (Å²) in [4.78, 5) is 26.8. The molecule has 2 heterocycles. The normalized spacial score (nSPS) is 20.6. The van der Waals surface area contributed by atoms with Crippen LogP contribution >= 0.6 is 27.3 Å². The third-order valence-electron chi connectivity index (χ3n) is 3.30. The smallest absolute Gasteiger partial charge is 0.262 e. The Labute approximate surface area is 130 Å². The molecule has 1 unspecified atom stereocenters. The van der Waals surface area contributed by atoms with Crippen LogP contribution in [0.15, 0.2) is 15.9 Å². The van der Waals surface area contributed by atoms with E-state index in [1.165, 1.54) is 11.3 Å². The summed E-state index contributed by atoms with van der Waals surface area (Å²) in [5, 5.41) is 6.01. The number of rotatable bonds is 3. The first-order valence-electron chi connectivity index (χ1n) is 6.56. The van der Waals surface area contributed by atoms with Crippen LogP contribution in [-0.4, -0.2) is 48.4 Å². The largest absolute Gasteiger partial charge is 0.340 e. The highest BCUT2D eigenvalue weighted by Crippen LogP contribution is 2.22. The van der Waals surface area contributed by atoms with Crippen LogP contribution in [0.3, 0.4) is 0 Å². The molecule has 1 aromatic rings. The number of hydrogen-bond acceptors (Lipinski definition) is 4. The van der Waals surface area contributed by atoms with E-state index in [2.05, 4.69) is 26.6 Å². The molecule has 0 aromatic carbocycles. The molecule has 110 valence electrons. The van der Waals surface area contributed by atoms with Crippen LogP contribution in [0.25, 0.3) is 0 Å². The summed E-state index contributed by atoms with van der Waals surface area (Å²) in [6.45, 7) is 6.02. The highest BCUT2D eigenvalue weighted by Gasteiger charge is 2.28. The molecular weight excluding hydrogens is 342 g/mol. The van der Waals surface area contributed by atoms with Crippen molar-refractivity contribution in [1.82, 2.24) is 15.5 Å². The number of thiophene rings is 1.